The Balaban J connectivity index is 1.94. The molecule has 0 spiro atoms. The molecule has 0 aromatic rings. The molecule has 2 fully saturated rings. The molecular weight excluding hydrogens is 214 g/mol. The van der Waals surface area contributed by atoms with E-state index < -0.39 is 0 Å². The summed E-state index contributed by atoms with van der Waals surface area (Å²) >= 11 is 0. The lowest BCUT2D eigenvalue weighted by Crippen LogP contribution is -2.56. The number of urea groups is 1. The molecule has 1 saturated heterocycles. The minimum absolute atomic E-state index is 0.111. The Morgan fingerprint density at radius 1 is 1.24 bits per heavy atom. The summed E-state index contributed by atoms with van der Waals surface area (Å²) in [5.41, 5.74) is 5.78. The molecule has 2 rings (SSSR count). The van der Waals surface area contributed by atoms with E-state index in [1.165, 1.54) is 19.3 Å². The van der Waals surface area contributed by atoms with Crippen molar-refractivity contribution >= 4 is 6.03 Å². The Labute approximate surface area is 104 Å². The fraction of sp³-hybridized carbons (Fsp3) is 0.923. The summed E-state index contributed by atoms with van der Waals surface area (Å²) in [4.78, 5) is 14.3. The first-order valence-corrected chi connectivity index (χ1v) is 7.01. The molecule has 2 amide bonds. The van der Waals surface area contributed by atoms with Gasteiger partial charge in [0.2, 0.25) is 0 Å². The third kappa shape index (κ3) is 2.92. The first kappa shape index (κ1) is 12.7. The molecule has 1 aliphatic carbocycles. The number of nitrogens with two attached hydrogens (primary N) is 1. The average Bonchev–Trinajstić information content (AvgIpc) is 2.81. The van der Waals surface area contributed by atoms with Crippen LogP contribution in [0.25, 0.3) is 0 Å². The van der Waals surface area contributed by atoms with Crippen molar-refractivity contribution in [1.29, 1.82) is 0 Å². The fourth-order valence-corrected chi connectivity index (χ4v) is 3.20. The number of carbonyl (C=O) groups is 1. The summed E-state index contributed by atoms with van der Waals surface area (Å²) in [5, 5.41) is 3.17. The van der Waals surface area contributed by atoms with Gasteiger partial charge in [0.25, 0.3) is 0 Å². The molecule has 0 aromatic heterocycles. The predicted octanol–water partition coefficient (Wildman–Crippen LogP) is 1.84. The number of piperidine rings is 1. The van der Waals surface area contributed by atoms with E-state index in [4.69, 9.17) is 5.73 Å². The van der Waals surface area contributed by atoms with E-state index in [1.807, 2.05) is 4.90 Å². The van der Waals surface area contributed by atoms with Crippen LogP contribution in [0.1, 0.15) is 51.9 Å². The topological polar surface area (TPSA) is 58.4 Å². The Morgan fingerprint density at radius 2 is 1.94 bits per heavy atom. The second kappa shape index (κ2) is 5.71. The van der Waals surface area contributed by atoms with E-state index in [-0.39, 0.29) is 12.1 Å². The van der Waals surface area contributed by atoms with E-state index in [1.54, 1.807) is 0 Å². The maximum Gasteiger partial charge on any atom is 0.318 e. The Hall–Kier alpha value is -0.770. The van der Waals surface area contributed by atoms with Crippen molar-refractivity contribution in [3.05, 3.63) is 0 Å². The third-order valence-electron chi connectivity index (χ3n) is 4.22. The molecule has 4 nitrogen and oxygen atoms in total. The van der Waals surface area contributed by atoms with Gasteiger partial charge in [-0.2, -0.15) is 0 Å². The van der Waals surface area contributed by atoms with Crippen molar-refractivity contribution in [2.45, 2.75) is 70.0 Å². The number of hydrogen-bond acceptors (Lipinski definition) is 2. The number of hydrogen-bond donors (Lipinski definition) is 2. The molecule has 2 atom stereocenters. The highest BCUT2D eigenvalue weighted by molar-refractivity contribution is 5.75. The van der Waals surface area contributed by atoms with E-state index in [0.29, 0.717) is 18.6 Å². The fourth-order valence-electron chi connectivity index (χ4n) is 3.20. The molecule has 0 radical (unpaired) electrons. The monoisotopic (exact) mass is 239 g/mol. The van der Waals surface area contributed by atoms with Crippen LogP contribution in [0.4, 0.5) is 4.79 Å². The number of nitrogens with one attached hydrogen (secondary N) is 1. The van der Waals surface area contributed by atoms with Crippen LogP contribution in [-0.2, 0) is 0 Å². The Bertz CT molecular complexity index is 263. The van der Waals surface area contributed by atoms with Gasteiger partial charge in [-0.25, -0.2) is 4.79 Å². The minimum Gasteiger partial charge on any atom is -0.335 e. The van der Waals surface area contributed by atoms with Gasteiger partial charge in [-0.3, -0.25) is 0 Å². The number of carbonyl (C=O) groups excluding carboxylic acids is 1. The lowest BCUT2D eigenvalue weighted by Gasteiger charge is -2.40. The first-order valence-electron chi connectivity index (χ1n) is 7.01. The second-order valence-electron chi connectivity index (χ2n) is 5.51. The van der Waals surface area contributed by atoms with E-state index in [9.17, 15) is 4.79 Å². The van der Waals surface area contributed by atoms with Crippen molar-refractivity contribution in [2.24, 2.45) is 5.73 Å². The zero-order valence-electron chi connectivity index (χ0n) is 10.8. The summed E-state index contributed by atoms with van der Waals surface area (Å²) in [5.74, 6) is 0. The van der Waals surface area contributed by atoms with Crippen LogP contribution in [0.5, 0.6) is 0 Å². The molecule has 2 aliphatic rings. The standard InChI is InChI=1S/C13H25N3O/c1-10-5-4-8-12(9-14)16(10)13(17)15-11-6-2-3-7-11/h10-12H,2-9,14H2,1H3,(H,15,17). The van der Waals surface area contributed by atoms with Crippen LogP contribution >= 0.6 is 0 Å². The maximum atomic E-state index is 12.3. The van der Waals surface area contributed by atoms with Gasteiger partial charge in [0.15, 0.2) is 0 Å². The lowest BCUT2D eigenvalue weighted by atomic mass is 9.97. The van der Waals surface area contributed by atoms with Crippen LogP contribution in [0.3, 0.4) is 0 Å². The summed E-state index contributed by atoms with van der Waals surface area (Å²) in [7, 11) is 0. The summed E-state index contributed by atoms with van der Waals surface area (Å²) in [6.45, 7) is 2.72. The molecule has 0 bridgehead atoms. The summed E-state index contributed by atoms with van der Waals surface area (Å²) in [6.07, 6.45) is 8.13. The Morgan fingerprint density at radius 3 is 2.59 bits per heavy atom. The van der Waals surface area contributed by atoms with E-state index in [2.05, 4.69) is 12.2 Å². The molecule has 98 valence electrons. The second-order valence-corrected chi connectivity index (χ2v) is 5.51. The summed E-state index contributed by atoms with van der Waals surface area (Å²) < 4.78 is 0. The van der Waals surface area contributed by atoms with Crippen LogP contribution in [0.15, 0.2) is 0 Å². The van der Waals surface area contributed by atoms with E-state index >= 15 is 0 Å². The highest BCUT2D eigenvalue weighted by Gasteiger charge is 2.32. The van der Waals surface area contributed by atoms with Crippen LogP contribution in [-0.4, -0.2) is 35.6 Å². The normalized spacial score (nSPS) is 30.6. The van der Waals surface area contributed by atoms with Gasteiger partial charge in [0.05, 0.1) is 0 Å². The van der Waals surface area contributed by atoms with Crippen molar-refractivity contribution in [3.63, 3.8) is 0 Å². The maximum absolute atomic E-state index is 12.3. The van der Waals surface area contributed by atoms with Crippen LogP contribution < -0.4 is 11.1 Å². The van der Waals surface area contributed by atoms with Crippen molar-refractivity contribution in [2.75, 3.05) is 6.54 Å². The van der Waals surface area contributed by atoms with Gasteiger partial charge in [0.1, 0.15) is 0 Å². The van der Waals surface area contributed by atoms with Gasteiger partial charge < -0.3 is 16.0 Å². The van der Waals surface area contributed by atoms with Gasteiger partial charge in [-0.1, -0.05) is 12.8 Å². The van der Waals surface area contributed by atoms with Crippen molar-refractivity contribution < 1.29 is 4.79 Å². The van der Waals surface area contributed by atoms with Crippen molar-refractivity contribution in [3.8, 4) is 0 Å². The van der Waals surface area contributed by atoms with Gasteiger partial charge in [-0.15, -0.1) is 0 Å². The molecule has 1 aliphatic heterocycles. The predicted molar refractivity (Wildman–Crippen MR) is 68.8 cm³/mol. The molecular formula is C13H25N3O. The SMILES string of the molecule is CC1CCCC(CN)N1C(=O)NC1CCCC1. The number of likely N-dealkylation sites (tertiary alicyclic amines) is 1. The first-order chi connectivity index (χ1) is 8.22. The Kier molecular flexibility index (Phi) is 4.26. The molecule has 1 saturated carbocycles. The minimum atomic E-state index is 0.111. The molecule has 3 N–H and O–H groups in total. The van der Waals surface area contributed by atoms with E-state index in [0.717, 1.165) is 25.7 Å². The smallest absolute Gasteiger partial charge is 0.318 e. The zero-order chi connectivity index (χ0) is 12.3. The average molecular weight is 239 g/mol. The number of nitrogens with zero attached hydrogens (tertiary/aromatic N) is 1. The lowest BCUT2D eigenvalue weighted by molar-refractivity contribution is 0.116. The molecule has 1 heterocycles. The van der Waals surface area contributed by atoms with Crippen LogP contribution in [0, 0.1) is 0 Å². The summed E-state index contributed by atoms with van der Waals surface area (Å²) in [6, 6.07) is 1.08. The highest BCUT2D eigenvalue weighted by Crippen LogP contribution is 2.23. The third-order valence-corrected chi connectivity index (χ3v) is 4.22. The van der Waals surface area contributed by atoms with Crippen LogP contribution in [0.2, 0.25) is 0 Å². The highest BCUT2D eigenvalue weighted by atomic mass is 16.2. The molecule has 4 heteroatoms. The molecule has 17 heavy (non-hydrogen) atoms. The molecule has 0 aromatic carbocycles. The zero-order valence-corrected chi connectivity index (χ0v) is 10.8. The van der Waals surface area contributed by atoms with Crippen molar-refractivity contribution in [1.82, 2.24) is 10.2 Å². The largest absolute Gasteiger partial charge is 0.335 e. The number of amides is 2. The van der Waals surface area contributed by atoms with Gasteiger partial charge in [0, 0.05) is 24.7 Å². The quantitative estimate of drug-likeness (QED) is 0.772. The van der Waals surface area contributed by atoms with Gasteiger partial charge >= 0.3 is 6.03 Å². The number of rotatable bonds is 2. The molecule has 2 unspecified atom stereocenters. The van der Waals surface area contributed by atoms with Gasteiger partial charge in [-0.05, 0) is 39.0 Å².